The minimum atomic E-state index is 0.584. The summed E-state index contributed by atoms with van der Waals surface area (Å²) in [6, 6.07) is 5.66. The Labute approximate surface area is 99.8 Å². The average molecular weight is 236 g/mol. The van der Waals surface area contributed by atoms with Gasteiger partial charge >= 0.3 is 0 Å². The lowest BCUT2D eigenvalue weighted by molar-refractivity contribution is 0.640. The normalized spacial score (nSPS) is 10.7. The van der Waals surface area contributed by atoms with Gasteiger partial charge in [-0.3, -0.25) is 4.68 Å². The van der Waals surface area contributed by atoms with Gasteiger partial charge in [-0.1, -0.05) is 17.7 Å². The number of benzene rings is 1. The van der Waals surface area contributed by atoms with Gasteiger partial charge in [-0.05, 0) is 31.5 Å². The van der Waals surface area contributed by atoms with E-state index < -0.39 is 0 Å². The zero-order valence-corrected chi connectivity index (χ0v) is 10.1. The standard InChI is InChI=1S/C12H14ClN3/c1-3-16-8(2)10(7-15-16)9-4-5-12(14)11(13)6-9/h4-7H,3,14H2,1-2H3. The zero-order valence-electron chi connectivity index (χ0n) is 9.37. The lowest BCUT2D eigenvalue weighted by Gasteiger charge is -2.04. The van der Waals surface area contributed by atoms with Crippen molar-refractivity contribution < 1.29 is 0 Å². The molecule has 0 amide bonds. The fraction of sp³-hybridized carbons (Fsp3) is 0.250. The minimum absolute atomic E-state index is 0.584. The summed E-state index contributed by atoms with van der Waals surface area (Å²) in [5.41, 5.74) is 9.58. The first-order valence-corrected chi connectivity index (χ1v) is 5.59. The highest BCUT2D eigenvalue weighted by atomic mass is 35.5. The van der Waals surface area contributed by atoms with Crippen LogP contribution in [-0.4, -0.2) is 9.78 Å². The second kappa shape index (κ2) is 4.18. The van der Waals surface area contributed by atoms with Crippen LogP contribution in [0.3, 0.4) is 0 Å². The van der Waals surface area contributed by atoms with Crippen LogP contribution in [0.15, 0.2) is 24.4 Å². The van der Waals surface area contributed by atoms with Crippen LogP contribution in [0, 0.1) is 6.92 Å². The van der Waals surface area contributed by atoms with E-state index in [2.05, 4.69) is 18.9 Å². The second-order valence-corrected chi connectivity index (χ2v) is 4.10. The summed E-state index contributed by atoms with van der Waals surface area (Å²) in [5, 5.41) is 4.89. The number of nitrogens with two attached hydrogens (primary N) is 1. The number of anilines is 1. The van der Waals surface area contributed by atoms with E-state index in [1.54, 1.807) is 0 Å². The third kappa shape index (κ3) is 1.78. The first kappa shape index (κ1) is 11.0. The van der Waals surface area contributed by atoms with Gasteiger partial charge in [0.25, 0.3) is 0 Å². The van der Waals surface area contributed by atoms with Crippen LogP contribution in [0.4, 0.5) is 5.69 Å². The Hall–Kier alpha value is -1.48. The molecule has 84 valence electrons. The van der Waals surface area contributed by atoms with Crippen molar-refractivity contribution in [1.29, 1.82) is 0 Å². The van der Waals surface area contributed by atoms with E-state index in [1.165, 1.54) is 0 Å². The number of halogens is 1. The fourth-order valence-electron chi connectivity index (χ4n) is 1.74. The third-order valence-electron chi connectivity index (χ3n) is 2.71. The molecule has 2 rings (SSSR count). The van der Waals surface area contributed by atoms with Crippen molar-refractivity contribution in [2.45, 2.75) is 20.4 Å². The molecule has 0 spiro atoms. The summed E-state index contributed by atoms with van der Waals surface area (Å²) < 4.78 is 1.96. The lowest BCUT2D eigenvalue weighted by Crippen LogP contribution is -1.98. The van der Waals surface area contributed by atoms with Crippen molar-refractivity contribution in [2.75, 3.05) is 5.73 Å². The second-order valence-electron chi connectivity index (χ2n) is 3.70. The SMILES string of the molecule is CCn1ncc(-c2ccc(N)c(Cl)c2)c1C. The summed E-state index contributed by atoms with van der Waals surface area (Å²) in [5.74, 6) is 0. The predicted octanol–water partition coefficient (Wildman–Crippen LogP) is 3.11. The maximum absolute atomic E-state index is 6.00. The number of aromatic nitrogens is 2. The molecule has 2 N–H and O–H groups in total. The molecular weight excluding hydrogens is 222 g/mol. The Balaban J connectivity index is 2.50. The highest BCUT2D eigenvalue weighted by Crippen LogP contribution is 2.28. The molecule has 16 heavy (non-hydrogen) atoms. The van der Waals surface area contributed by atoms with Gasteiger partial charge in [-0.15, -0.1) is 0 Å². The zero-order chi connectivity index (χ0) is 11.7. The summed E-state index contributed by atoms with van der Waals surface area (Å²) in [7, 11) is 0. The topological polar surface area (TPSA) is 43.8 Å². The first-order chi connectivity index (χ1) is 7.63. The maximum Gasteiger partial charge on any atom is 0.0641 e. The van der Waals surface area contributed by atoms with Crippen molar-refractivity contribution in [3.8, 4) is 11.1 Å². The summed E-state index contributed by atoms with van der Waals surface area (Å²) >= 11 is 6.00. The van der Waals surface area contributed by atoms with Crippen LogP contribution in [0.1, 0.15) is 12.6 Å². The first-order valence-electron chi connectivity index (χ1n) is 5.21. The molecule has 1 aromatic heterocycles. The number of rotatable bonds is 2. The Bertz CT molecular complexity index is 517. The van der Waals surface area contributed by atoms with Crippen LogP contribution in [0.5, 0.6) is 0 Å². The van der Waals surface area contributed by atoms with Crippen LogP contribution < -0.4 is 5.73 Å². The van der Waals surface area contributed by atoms with Crippen LogP contribution >= 0.6 is 11.6 Å². The van der Waals surface area contributed by atoms with Gasteiger partial charge < -0.3 is 5.73 Å². The van der Waals surface area contributed by atoms with Crippen LogP contribution in [-0.2, 0) is 6.54 Å². The van der Waals surface area contributed by atoms with Crippen molar-refractivity contribution in [3.63, 3.8) is 0 Å². The quantitative estimate of drug-likeness (QED) is 0.813. The van der Waals surface area contributed by atoms with E-state index in [0.29, 0.717) is 10.7 Å². The summed E-state index contributed by atoms with van der Waals surface area (Å²) in [6.07, 6.45) is 1.86. The maximum atomic E-state index is 6.00. The third-order valence-corrected chi connectivity index (χ3v) is 3.04. The monoisotopic (exact) mass is 235 g/mol. The molecule has 0 atom stereocenters. The Morgan fingerprint density at radius 3 is 2.75 bits per heavy atom. The summed E-state index contributed by atoms with van der Waals surface area (Å²) in [4.78, 5) is 0. The smallest absolute Gasteiger partial charge is 0.0641 e. The highest BCUT2D eigenvalue weighted by molar-refractivity contribution is 6.33. The largest absolute Gasteiger partial charge is 0.398 e. The molecule has 1 heterocycles. The molecule has 2 aromatic rings. The molecule has 0 unspecified atom stereocenters. The van der Waals surface area contributed by atoms with Crippen molar-refractivity contribution in [1.82, 2.24) is 9.78 Å². The molecule has 1 aromatic carbocycles. The summed E-state index contributed by atoms with van der Waals surface area (Å²) in [6.45, 7) is 4.99. The van der Waals surface area contributed by atoms with E-state index >= 15 is 0 Å². The van der Waals surface area contributed by atoms with E-state index in [9.17, 15) is 0 Å². The van der Waals surface area contributed by atoms with Gasteiger partial charge in [0.05, 0.1) is 16.9 Å². The Morgan fingerprint density at radius 1 is 1.44 bits per heavy atom. The Kier molecular flexibility index (Phi) is 2.88. The molecule has 0 aliphatic heterocycles. The molecule has 3 nitrogen and oxygen atoms in total. The lowest BCUT2D eigenvalue weighted by atomic mass is 10.1. The minimum Gasteiger partial charge on any atom is -0.398 e. The average Bonchev–Trinajstić information content (AvgIpc) is 2.64. The van der Waals surface area contributed by atoms with Crippen LogP contribution in [0.25, 0.3) is 11.1 Å². The molecule has 0 radical (unpaired) electrons. The van der Waals surface area contributed by atoms with Crippen molar-refractivity contribution >= 4 is 17.3 Å². The number of hydrogen-bond donors (Lipinski definition) is 1. The molecule has 0 saturated heterocycles. The fourth-order valence-corrected chi connectivity index (χ4v) is 1.92. The molecule has 0 saturated carbocycles. The van der Waals surface area contributed by atoms with Gasteiger partial charge in [0.2, 0.25) is 0 Å². The van der Waals surface area contributed by atoms with Crippen molar-refractivity contribution in [2.24, 2.45) is 0 Å². The predicted molar refractivity (Wildman–Crippen MR) is 67.5 cm³/mol. The van der Waals surface area contributed by atoms with E-state index in [-0.39, 0.29) is 0 Å². The van der Waals surface area contributed by atoms with Crippen LogP contribution in [0.2, 0.25) is 5.02 Å². The molecular formula is C12H14ClN3. The van der Waals surface area contributed by atoms with Gasteiger partial charge in [-0.25, -0.2) is 0 Å². The highest BCUT2D eigenvalue weighted by Gasteiger charge is 2.08. The molecule has 4 heteroatoms. The molecule has 0 aliphatic carbocycles. The van der Waals surface area contributed by atoms with Gasteiger partial charge in [0.1, 0.15) is 0 Å². The van der Waals surface area contributed by atoms with Gasteiger partial charge in [0.15, 0.2) is 0 Å². The number of hydrogen-bond acceptors (Lipinski definition) is 2. The molecule has 0 bridgehead atoms. The molecule has 0 aliphatic rings. The van der Waals surface area contributed by atoms with Gasteiger partial charge in [0, 0.05) is 17.8 Å². The number of nitrogens with zero attached hydrogens (tertiary/aromatic N) is 2. The van der Waals surface area contributed by atoms with E-state index in [0.717, 1.165) is 23.4 Å². The van der Waals surface area contributed by atoms with E-state index in [4.69, 9.17) is 17.3 Å². The number of nitrogen functional groups attached to an aromatic ring is 1. The Morgan fingerprint density at radius 2 is 2.19 bits per heavy atom. The molecule has 0 fully saturated rings. The van der Waals surface area contributed by atoms with E-state index in [1.807, 2.05) is 29.1 Å². The van der Waals surface area contributed by atoms with Crippen molar-refractivity contribution in [3.05, 3.63) is 35.1 Å². The number of aryl methyl sites for hydroxylation is 1. The van der Waals surface area contributed by atoms with Gasteiger partial charge in [-0.2, -0.15) is 5.10 Å².